The lowest BCUT2D eigenvalue weighted by atomic mass is 9.79. The van der Waals surface area contributed by atoms with Crippen molar-refractivity contribution in [2.75, 3.05) is 0 Å². The Hall–Kier alpha value is -1.34. The van der Waals surface area contributed by atoms with Crippen molar-refractivity contribution >= 4 is 10.8 Å². The largest absolute Gasteiger partial charge is 0.389 e. The Bertz CT molecular complexity index is 576. The lowest BCUT2D eigenvalue weighted by Gasteiger charge is -2.33. The summed E-state index contributed by atoms with van der Waals surface area (Å²) in [4.78, 5) is 0. The van der Waals surface area contributed by atoms with Gasteiger partial charge in [0, 0.05) is 5.92 Å². The molecule has 2 aromatic rings. The van der Waals surface area contributed by atoms with Crippen LogP contribution in [0.1, 0.15) is 43.7 Å². The van der Waals surface area contributed by atoms with E-state index in [1.807, 2.05) is 0 Å². The van der Waals surface area contributed by atoms with Gasteiger partial charge in [-0.2, -0.15) is 0 Å². The molecule has 0 amide bonds. The molecule has 1 nitrogen and oxygen atoms in total. The van der Waals surface area contributed by atoms with Gasteiger partial charge in [-0.3, -0.25) is 0 Å². The molecule has 0 aromatic heterocycles. The molecule has 18 heavy (non-hydrogen) atoms. The van der Waals surface area contributed by atoms with E-state index in [0.29, 0.717) is 0 Å². The summed E-state index contributed by atoms with van der Waals surface area (Å²) >= 11 is 0. The zero-order chi connectivity index (χ0) is 12.8. The fourth-order valence-corrected chi connectivity index (χ4v) is 3.46. The topological polar surface area (TPSA) is 20.2 Å². The average molecular weight is 240 g/mol. The van der Waals surface area contributed by atoms with Gasteiger partial charge in [0.05, 0.1) is 5.60 Å². The second kappa shape index (κ2) is 4.10. The van der Waals surface area contributed by atoms with E-state index in [2.05, 4.69) is 50.2 Å². The molecule has 1 N–H and O–H groups in total. The van der Waals surface area contributed by atoms with Crippen molar-refractivity contribution in [3.05, 3.63) is 47.5 Å². The third kappa shape index (κ3) is 1.50. The van der Waals surface area contributed by atoms with Crippen molar-refractivity contribution in [2.24, 2.45) is 0 Å². The van der Waals surface area contributed by atoms with E-state index in [1.165, 1.54) is 21.9 Å². The van der Waals surface area contributed by atoms with E-state index in [1.54, 1.807) is 0 Å². The maximum absolute atomic E-state index is 10.9. The highest BCUT2D eigenvalue weighted by Crippen LogP contribution is 2.45. The molecule has 0 aliphatic heterocycles. The highest BCUT2D eigenvalue weighted by atomic mass is 16.3. The summed E-state index contributed by atoms with van der Waals surface area (Å²) in [6.45, 7) is 4.18. The summed E-state index contributed by atoms with van der Waals surface area (Å²) < 4.78 is 0. The number of benzene rings is 2. The molecule has 1 atom stereocenters. The van der Waals surface area contributed by atoms with E-state index >= 15 is 0 Å². The molecular weight excluding hydrogens is 220 g/mol. The Morgan fingerprint density at radius 2 is 1.78 bits per heavy atom. The lowest BCUT2D eigenvalue weighted by molar-refractivity contribution is 0.00575. The molecule has 0 bridgehead atoms. The Morgan fingerprint density at radius 1 is 1.11 bits per heavy atom. The summed E-state index contributed by atoms with van der Waals surface area (Å²) in [5, 5.41) is 13.5. The lowest BCUT2D eigenvalue weighted by Crippen LogP contribution is -2.34. The van der Waals surface area contributed by atoms with Crippen LogP contribution >= 0.6 is 0 Å². The fourth-order valence-electron chi connectivity index (χ4n) is 3.46. The monoisotopic (exact) mass is 240 g/mol. The van der Waals surface area contributed by atoms with E-state index in [0.717, 1.165) is 19.3 Å². The van der Waals surface area contributed by atoms with Gasteiger partial charge in [-0.05, 0) is 41.2 Å². The maximum atomic E-state index is 10.9. The first kappa shape index (κ1) is 11.7. The standard InChI is InChI=1S/C17H20O/c1-3-17(18,4-2)15-11-13-9-5-7-12-8-6-10-14(15)16(12)13/h5-10,15,18H,3-4,11H2,1-2H3. The third-order valence-corrected chi connectivity index (χ3v) is 4.70. The number of hydrogen-bond acceptors (Lipinski definition) is 1. The minimum atomic E-state index is -0.562. The first-order chi connectivity index (χ1) is 8.69. The van der Waals surface area contributed by atoms with E-state index in [-0.39, 0.29) is 5.92 Å². The smallest absolute Gasteiger partial charge is 0.0714 e. The normalized spacial score (nSPS) is 18.5. The summed E-state index contributed by atoms with van der Waals surface area (Å²) in [5.41, 5.74) is 2.18. The zero-order valence-corrected chi connectivity index (χ0v) is 11.1. The quantitative estimate of drug-likeness (QED) is 0.858. The predicted octanol–water partition coefficient (Wildman–Crippen LogP) is 4.03. The van der Waals surface area contributed by atoms with Crippen molar-refractivity contribution in [3.8, 4) is 0 Å². The molecule has 3 rings (SSSR count). The highest BCUT2D eigenvalue weighted by molar-refractivity contribution is 5.91. The van der Waals surface area contributed by atoms with Crippen LogP contribution in [0.2, 0.25) is 0 Å². The molecule has 94 valence electrons. The Morgan fingerprint density at radius 3 is 2.44 bits per heavy atom. The molecule has 1 unspecified atom stereocenters. The molecule has 0 radical (unpaired) electrons. The Labute approximate surface area is 108 Å². The van der Waals surface area contributed by atoms with Crippen LogP contribution in [0, 0.1) is 0 Å². The zero-order valence-electron chi connectivity index (χ0n) is 11.1. The Kier molecular flexibility index (Phi) is 2.67. The van der Waals surface area contributed by atoms with Gasteiger partial charge in [-0.15, -0.1) is 0 Å². The van der Waals surface area contributed by atoms with Gasteiger partial charge in [0.2, 0.25) is 0 Å². The Balaban J connectivity index is 2.19. The first-order valence-corrected chi connectivity index (χ1v) is 6.92. The molecule has 0 heterocycles. The first-order valence-electron chi connectivity index (χ1n) is 6.92. The molecule has 1 aliphatic carbocycles. The van der Waals surface area contributed by atoms with Crippen molar-refractivity contribution in [1.82, 2.24) is 0 Å². The summed E-state index contributed by atoms with van der Waals surface area (Å²) in [6.07, 6.45) is 2.62. The van der Waals surface area contributed by atoms with Crippen LogP contribution in [0.3, 0.4) is 0 Å². The summed E-state index contributed by atoms with van der Waals surface area (Å²) in [7, 11) is 0. The van der Waals surface area contributed by atoms with Crippen LogP contribution in [0.15, 0.2) is 36.4 Å². The van der Waals surface area contributed by atoms with E-state index < -0.39 is 5.60 Å². The van der Waals surface area contributed by atoms with Crippen molar-refractivity contribution in [3.63, 3.8) is 0 Å². The average Bonchev–Trinajstić information content (AvgIpc) is 2.80. The van der Waals surface area contributed by atoms with Gasteiger partial charge in [0.1, 0.15) is 0 Å². The molecular formula is C17H20O. The van der Waals surface area contributed by atoms with Gasteiger partial charge in [0.15, 0.2) is 0 Å². The van der Waals surface area contributed by atoms with Crippen molar-refractivity contribution in [1.29, 1.82) is 0 Å². The second-order valence-electron chi connectivity index (χ2n) is 5.43. The van der Waals surface area contributed by atoms with Gasteiger partial charge in [0.25, 0.3) is 0 Å². The fraction of sp³-hybridized carbons (Fsp3) is 0.412. The molecule has 2 aromatic carbocycles. The molecule has 0 spiro atoms. The van der Waals surface area contributed by atoms with Crippen molar-refractivity contribution in [2.45, 2.75) is 44.6 Å². The molecule has 1 aliphatic rings. The van der Waals surface area contributed by atoms with Gasteiger partial charge >= 0.3 is 0 Å². The van der Waals surface area contributed by atoms with E-state index in [9.17, 15) is 5.11 Å². The predicted molar refractivity (Wildman–Crippen MR) is 75.9 cm³/mol. The number of aliphatic hydroxyl groups is 1. The van der Waals surface area contributed by atoms with Gasteiger partial charge in [-0.25, -0.2) is 0 Å². The summed E-state index contributed by atoms with van der Waals surface area (Å²) in [6, 6.07) is 13.0. The molecule has 1 heteroatoms. The SMILES string of the molecule is CCC(O)(CC)C1Cc2cccc3cccc1c23. The second-order valence-corrected chi connectivity index (χ2v) is 5.43. The van der Waals surface area contributed by atoms with Gasteiger partial charge < -0.3 is 5.11 Å². The van der Waals surface area contributed by atoms with Crippen LogP contribution in [-0.4, -0.2) is 10.7 Å². The third-order valence-electron chi connectivity index (χ3n) is 4.70. The summed E-state index contributed by atoms with van der Waals surface area (Å²) in [5.74, 6) is 0.258. The minimum absolute atomic E-state index is 0.258. The number of rotatable bonds is 3. The van der Waals surface area contributed by atoms with Crippen LogP contribution in [0.25, 0.3) is 10.8 Å². The number of hydrogen-bond donors (Lipinski definition) is 1. The molecule has 0 fully saturated rings. The van der Waals surface area contributed by atoms with Crippen LogP contribution < -0.4 is 0 Å². The minimum Gasteiger partial charge on any atom is -0.389 e. The maximum Gasteiger partial charge on any atom is 0.0714 e. The van der Waals surface area contributed by atoms with Gasteiger partial charge in [-0.1, -0.05) is 50.2 Å². The molecule has 0 saturated carbocycles. The van der Waals surface area contributed by atoms with Crippen LogP contribution in [-0.2, 0) is 6.42 Å². The molecule has 0 saturated heterocycles. The van der Waals surface area contributed by atoms with E-state index in [4.69, 9.17) is 0 Å². The van der Waals surface area contributed by atoms with Crippen LogP contribution in [0.5, 0.6) is 0 Å². The van der Waals surface area contributed by atoms with Crippen molar-refractivity contribution < 1.29 is 5.11 Å². The highest BCUT2D eigenvalue weighted by Gasteiger charge is 2.38. The van der Waals surface area contributed by atoms with Crippen LogP contribution in [0.4, 0.5) is 0 Å².